The molecule has 0 spiro atoms. The van der Waals surface area contributed by atoms with Crippen molar-refractivity contribution in [3.63, 3.8) is 0 Å². The Kier molecular flexibility index (Phi) is 5.33. The summed E-state index contributed by atoms with van der Waals surface area (Å²) in [5, 5.41) is 0.347. The van der Waals surface area contributed by atoms with E-state index in [1.54, 1.807) is 6.08 Å². The monoisotopic (exact) mass is 316 g/mol. The summed E-state index contributed by atoms with van der Waals surface area (Å²) in [6.07, 6.45) is 2.90. The van der Waals surface area contributed by atoms with Gasteiger partial charge in [-0.15, -0.1) is 0 Å². The number of carbonyl (C=O) groups is 2. The molecule has 0 aliphatic rings. The highest BCUT2D eigenvalue weighted by molar-refractivity contribution is 6.31. The summed E-state index contributed by atoms with van der Waals surface area (Å²) in [7, 11) is 1.24. The standard InChI is InChI=1S/C17H13ClO4/c1-21-17(20)14-11-13(18)8-9-15(14)22-16(19)10-7-12-5-3-2-4-6-12/h2-11H,1H3/b10-7+. The van der Waals surface area contributed by atoms with E-state index in [1.165, 1.54) is 31.4 Å². The topological polar surface area (TPSA) is 52.6 Å². The van der Waals surface area contributed by atoms with Crippen LogP contribution in [0.5, 0.6) is 5.75 Å². The molecular formula is C17H13ClO4. The van der Waals surface area contributed by atoms with E-state index in [-0.39, 0.29) is 11.3 Å². The van der Waals surface area contributed by atoms with E-state index in [9.17, 15) is 9.59 Å². The van der Waals surface area contributed by atoms with Gasteiger partial charge in [-0.05, 0) is 29.8 Å². The molecular weight excluding hydrogens is 304 g/mol. The fourth-order valence-electron chi connectivity index (χ4n) is 1.73. The van der Waals surface area contributed by atoms with Gasteiger partial charge in [-0.1, -0.05) is 41.9 Å². The lowest BCUT2D eigenvalue weighted by Crippen LogP contribution is -2.09. The van der Waals surface area contributed by atoms with E-state index in [2.05, 4.69) is 4.74 Å². The fraction of sp³-hybridized carbons (Fsp3) is 0.0588. The van der Waals surface area contributed by atoms with Gasteiger partial charge in [-0.2, -0.15) is 0 Å². The quantitative estimate of drug-likeness (QED) is 0.490. The minimum Gasteiger partial charge on any atom is -0.465 e. The average Bonchev–Trinajstić information content (AvgIpc) is 2.55. The highest BCUT2D eigenvalue weighted by Crippen LogP contribution is 2.24. The molecule has 0 aliphatic heterocycles. The highest BCUT2D eigenvalue weighted by Gasteiger charge is 2.15. The van der Waals surface area contributed by atoms with Crippen molar-refractivity contribution in [3.05, 3.63) is 70.8 Å². The third-order valence-corrected chi connectivity index (χ3v) is 3.00. The molecule has 0 atom stereocenters. The largest absolute Gasteiger partial charge is 0.465 e. The molecule has 0 saturated heterocycles. The Morgan fingerprint density at radius 3 is 2.50 bits per heavy atom. The maximum absolute atomic E-state index is 11.8. The smallest absolute Gasteiger partial charge is 0.341 e. The number of carbonyl (C=O) groups excluding carboxylic acids is 2. The number of halogens is 1. The molecule has 2 aromatic rings. The summed E-state index contributed by atoms with van der Waals surface area (Å²) < 4.78 is 9.80. The molecule has 2 aromatic carbocycles. The SMILES string of the molecule is COC(=O)c1cc(Cl)ccc1OC(=O)/C=C/c1ccccc1. The Morgan fingerprint density at radius 2 is 1.82 bits per heavy atom. The zero-order valence-corrected chi connectivity index (χ0v) is 12.5. The van der Waals surface area contributed by atoms with Crippen molar-refractivity contribution in [2.24, 2.45) is 0 Å². The van der Waals surface area contributed by atoms with Crippen LogP contribution in [-0.4, -0.2) is 19.0 Å². The highest BCUT2D eigenvalue weighted by atomic mass is 35.5. The lowest BCUT2D eigenvalue weighted by Gasteiger charge is -2.07. The Labute approximate surface area is 132 Å². The first kappa shape index (κ1) is 15.8. The van der Waals surface area contributed by atoms with Crippen molar-refractivity contribution in [3.8, 4) is 5.75 Å². The first-order valence-electron chi connectivity index (χ1n) is 6.43. The van der Waals surface area contributed by atoms with Crippen LogP contribution in [0.15, 0.2) is 54.6 Å². The van der Waals surface area contributed by atoms with Crippen LogP contribution >= 0.6 is 11.6 Å². The van der Waals surface area contributed by atoms with Crippen LogP contribution in [0.25, 0.3) is 6.08 Å². The number of ether oxygens (including phenoxy) is 2. The van der Waals surface area contributed by atoms with Gasteiger partial charge in [0.25, 0.3) is 0 Å². The van der Waals surface area contributed by atoms with Gasteiger partial charge in [-0.3, -0.25) is 0 Å². The van der Waals surface area contributed by atoms with Gasteiger partial charge in [-0.25, -0.2) is 9.59 Å². The third-order valence-electron chi connectivity index (χ3n) is 2.77. The van der Waals surface area contributed by atoms with E-state index >= 15 is 0 Å². The van der Waals surface area contributed by atoms with Crippen LogP contribution in [0.2, 0.25) is 5.02 Å². The van der Waals surface area contributed by atoms with E-state index in [0.29, 0.717) is 5.02 Å². The van der Waals surface area contributed by atoms with Crippen LogP contribution in [0.1, 0.15) is 15.9 Å². The van der Waals surface area contributed by atoms with Crippen molar-refractivity contribution in [1.29, 1.82) is 0 Å². The molecule has 4 nitrogen and oxygen atoms in total. The van der Waals surface area contributed by atoms with Gasteiger partial charge in [0.1, 0.15) is 11.3 Å². The summed E-state index contributed by atoms with van der Waals surface area (Å²) >= 11 is 5.83. The Bertz CT molecular complexity index is 708. The predicted molar refractivity (Wildman–Crippen MR) is 83.9 cm³/mol. The van der Waals surface area contributed by atoms with Crippen molar-refractivity contribution >= 4 is 29.6 Å². The molecule has 0 bridgehead atoms. The van der Waals surface area contributed by atoms with Crippen molar-refractivity contribution in [2.45, 2.75) is 0 Å². The molecule has 0 aliphatic carbocycles. The molecule has 0 N–H and O–H groups in total. The van der Waals surface area contributed by atoms with Crippen molar-refractivity contribution < 1.29 is 19.1 Å². The second-order valence-electron chi connectivity index (χ2n) is 4.30. The zero-order valence-electron chi connectivity index (χ0n) is 11.8. The Hall–Kier alpha value is -2.59. The van der Waals surface area contributed by atoms with Gasteiger partial charge in [0.15, 0.2) is 0 Å². The fourth-order valence-corrected chi connectivity index (χ4v) is 1.90. The molecule has 22 heavy (non-hydrogen) atoms. The van der Waals surface area contributed by atoms with Crippen molar-refractivity contribution in [1.82, 2.24) is 0 Å². The molecule has 0 amide bonds. The number of esters is 2. The van der Waals surface area contributed by atoms with Crippen LogP contribution in [-0.2, 0) is 9.53 Å². The van der Waals surface area contributed by atoms with Gasteiger partial charge < -0.3 is 9.47 Å². The number of hydrogen-bond acceptors (Lipinski definition) is 4. The second-order valence-corrected chi connectivity index (χ2v) is 4.73. The molecule has 112 valence electrons. The van der Waals surface area contributed by atoms with E-state index in [0.717, 1.165) is 5.56 Å². The molecule has 5 heteroatoms. The molecule has 2 rings (SSSR count). The van der Waals surface area contributed by atoms with Gasteiger partial charge in [0.05, 0.1) is 7.11 Å². The van der Waals surface area contributed by atoms with E-state index < -0.39 is 11.9 Å². The molecule has 0 radical (unpaired) electrons. The van der Waals surface area contributed by atoms with E-state index in [4.69, 9.17) is 16.3 Å². The lowest BCUT2D eigenvalue weighted by atomic mass is 10.2. The summed E-state index contributed by atoms with van der Waals surface area (Å²) in [4.78, 5) is 23.5. The number of methoxy groups -OCH3 is 1. The summed E-state index contributed by atoms with van der Waals surface area (Å²) in [6, 6.07) is 13.7. The Balaban J connectivity index is 2.15. The maximum atomic E-state index is 11.8. The molecule has 0 saturated carbocycles. The summed E-state index contributed by atoms with van der Waals surface area (Å²) in [5.74, 6) is -1.13. The Morgan fingerprint density at radius 1 is 1.09 bits per heavy atom. The molecule has 0 heterocycles. The van der Waals surface area contributed by atoms with Crippen LogP contribution in [0, 0.1) is 0 Å². The molecule has 0 fully saturated rings. The van der Waals surface area contributed by atoms with Crippen LogP contribution in [0.3, 0.4) is 0 Å². The lowest BCUT2D eigenvalue weighted by molar-refractivity contribution is -0.128. The molecule has 0 unspecified atom stereocenters. The second kappa shape index (κ2) is 7.43. The predicted octanol–water partition coefficient (Wildman–Crippen LogP) is 3.75. The van der Waals surface area contributed by atoms with Crippen LogP contribution < -0.4 is 4.74 Å². The van der Waals surface area contributed by atoms with Crippen molar-refractivity contribution in [2.75, 3.05) is 7.11 Å². The minimum atomic E-state index is -0.627. The zero-order chi connectivity index (χ0) is 15.9. The van der Waals surface area contributed by atoms with Gasteiger partial charge >= 0.3 is 11.9 Å². The summed E-state index contributed by atoms with van der Waals surface area (Å²) in [6.45, 7) is 0. The molecule has 0 aromatic heterocycles. The number of rotatable bonds is 4. The van der Waals surface area contributed by atoms with E-state index in [1.807, 2.05) is 30.3 Å². The first-order chi connectivity index (χ1) is 10.6. The third kappa shape index (κ3) is 4.20. The van der Waals surface area contributed by atoms with Crippen LogP contribution in [0.4, 0.5) is 0 Å². The first-order valence-corrected chi connectivity index (χ1v) is 6.81. The van der Waals surface area contributed by atoms with Gasteiger partial charge in [0.2, 0.25) is 0 Å². The number of benzene rings is 2. The number of hydrogen-bond donors (Lipinski definition) is 0. The normalized spacial score (nSPS) is 10.5. The minimum absolute atomic E-state index is 0.0939. The van der Waals surface area contributed by atoms with Gasteiger partial charge in [0, 0.05) is 11.1 Å². The maximum Gasteiger partial charge on any atom is 0.341 e. The average molecular weight is 317 g/mol. The summed E-state index contributed by atoms with van der Waals surface area (Å²) in [5.41, 5.74) is 0.959.